The quantitative estimate of drug-likeness (QED) is 0.885. The second-order valence-electron chi connectivity index (χ2n) is 3.27. The lowest BCUT2D eigenvalue weighted by Gasteiger charge is -2.02. The maximum atomic E-state index is 11.3. The Morgan fingerprint density at radius 1 is 1.38 bits per heavy atom. The molecule has 0 unspecified atom stereocenters. The number of halogens is 1. The predicted molar refractivity (Wildman–Crippen MR) is 59.9 cm³/mol. The Labute approximate surface area is 97.4 Å². The number of aromatic amines is 1. The van der Waals surface area contributed by atoms with E-state index >= 15 is 0 Å². The number of nitrogens with zero attached hydrogens (tertiary/aromatic N) is 2. The maximum absolute atomic E-state index is 11.3. The molecular weight excluding hydrogens is 250 g/mol. The van der Waals surface area contributed by atoms with E-state index in [0.29, 0.717) is 16.3 Å². The van der Waals surface area contributed by atoms with Gasteiger partial charge in [-0.25, -0.2) is 8.42 Å². The molecule has 0 bridgehead atoms. The van der Waals surface area contributed by atoms with E-state index in [4.69, 9.17) is 11.6 Å². The van der Waals surface area contributed by atoms with Crippen LogP contribution in [0.5, 0.6) is 0 Å². The summed E-state index contributed by atoms with van der Waals surface area (Å²) >= 11 is 5.98. The van der Waals surface area contributed by atoms with Gasteiger partial charge in [0, 0.05) is 11.8 Å². The Bertz CT molecular complexity index is 608. The van der Waals surface area contributed by atoms with Crippen molar-refractivity contribution in [3.63, 3.8) is 0 Å². The number of benzene rings is 1. The third-order valence-corrected chi connectivity index (χ3v) is 3.48. The molecule has 0 amide bonds. The molecule has 0 radical (unpaired) electrons. The fourth-order valence-corrected chi connectivity index (χ4v) is 2.26. The Balaban J connectivity index is 2.54. The molecule has 2 rings (SSSR count). The molecule has 0 spiro atoms. The molecule has 5 nitrogen and oxygen atoms in total. The standard InChI is InChI=1S/C9H8ClN3O2S/c1-16(14,15)6-2-3-7(8(10)4-6)9-5-11-13-12-9/h2-5H,1H3,(H,11,12,13). The first-order valence-corrected chi connectivity index (χ1v) is 6.62. The zero-order chi connectivity index (χ0) is 11.8. The van der Waals surface area contributed by atoms with Crippen LogP contribution in [-0.4, -0.2) is 30.1 Å². The molecule has 0 atom stereocenters. The summed E-state index contributed by atoms with van der Waals surface area (Å²) in [4.78, 5) is 0.185. The van der Waals surface area contributed by atoms with Gasteiger partial charge in [-0.2, -0.15) is 0 Å². The summed E-state index contributed by atoms with van der Waals surface area (Å²) in [6.45, 7) is 0. The van der Waals surface area contributed by atoms with Crippen molar-refractivity contribution in [3.05, 3.63) is 29.4 Å². The molecule has 84 valence electrons. The van der Waals surface area contributed by atoms with Crippen molar-refractivity contribution in [2.24, 2.45) is 0 Å². The third-order valence-electron chi connectivity index (χ3n) is 2.06. The highest BCUT2D eigenvalue weighted by molar-refractivity contribution is 7.90. The van der Waals surface area contributed by atoms with Gasteiger partial charge in [-0.15, -0.1) is 5.10 Å². The second kappa shape index (κ2) is 3.88. The Hall–Kier alpha value is -1.40. The first-order chi connectivity index (χ1) is 7.48. The van der Waals surface area contributed by atoms with Gasteiger partial charge in [-0.1, -0.05) is 16.8 Å². The zero-order valence-electron chi connectivity index (χ0n) is 8.31. The summed E-state index contributed by atoms with van der Waals surface area (Å²) in [5.74, 6) is 0. The molecule has 1 heterocycles. The van der Waals surface area contributed by atoms with Gasteiger partial charge in [0.2, 0.25) is 0 Å². The summed E-state index contributed by atoms with van der Waals surface area (Å²) in [6.07, 6.45) is 2.72. The average molecular weight is 258 g/mol. The van der Waals surface area contributed by atoms with E-state index in [0.717, 1.165) is 6.26 Å². The molecule has 0 saturated carbocycles. The molecule has 0 aliphatic rings. The average Bonchev–Trinajstić information content (AvgIpc) is 2.69. The highest BCUT2D eigenvalue weighted by Gasteiger charge is 2.12. The van der Waals surface area contributed by atoms with Gasteiger partial charge in [0.15, 0.2) is 9.84 Å². The summed E-state index contributed by atoms with van der Waals surface area (Å²) < 4.78 is 22.6. The smallest absolute Gasteiger partial charge is 0.175 e. The van der Waals surface area contributed by atoms with Gasteiger partial charge in [-0.3, -0.25) is 5.10 Å². The van der Waals surface area contributed by atoms with Crippen LogP contribution >= 0.6 is 11.6 Å². The van der Waals surface area contributed by atoms with Gasteiger partial charge in [-0.05, 0) is 18.2 Å². The lowest BCUT2D eigenvalue weighted by Crippen LogP contribution is -1.97. The van der Waals surface area contributed by atoms with E-state index in [1.54, 1.807) is 12.3 Å². The number of H-pyrrole nitrogens is 1. The van der Waals surface area contributed by atoms with Crippen molar-refractivity contribution >= 4 is 21.4 Å². The van der Waals surface area contributed by atoms with Gasteiger partial charge >= 0.3 is 0 Å². The monoisotopic (exact) mass is 257 g/mol. The van der Waals surface area contributed by atoms with Crippen LogP contribution in [0.15, 0.2) is 29.3 Å². The van der Waals surface area contributed by atoms with Crippen LogP contribution in [0, 0.1) is 0 Å². The van der Waals surface area contributed by atoms with E-state index in [2.05, 4.69) is 15.4 Å². The van der Waals surface area contributed by atoms with E-state index in [-0.39, 0.29) is 4.90 Å². The first kappa shape index (κ1) is 11.1. The molecule has 2 aromatic rings. The number of aromatic nitrogens is 3. The van der Waals surface area contributed by atoms with Crippen LogP contribution in [0.1, 0.15) is 0 Å². The van der Waals surface area contributed by atoms with Crippen LogP contribution in [0.4, 0.5) is 0 Å². The molecule has 16 heavy (non-hydrogen) atoms. The molecule has 7 heteroatoms. The van der Waals surface area contributed by atoms with Crippen molar-refractivity contribution in [2.75, 3.05) is 6.26 Å². The topological polar surface area (TPSA) is 75.7 Å². The highest BCUT2D eigenvalue weighted by atomic mass is 35.5. The highest BCUT2D eigenvalue weighted by Crippen LogP contribution is 2.28. The van der Waals surface area contributed by atoms with Crippen LogP contribution in [0.3, 0.4) is 0 Å². The van der Waals surface area contributed by atoms with Crippen LogP contribution < -0.4 is 0 Å². The molecule has 1 N–H and O–H groups in total. The lowest BCUT2D eigenvalue weighted by atomic mass is 10.2. The van der Waals surface area contributed by atoms with E-state index in [1.165, 1.54) is 12.1 Å². The van der Waals surface area contributed by atoms with E-state index in [9.17, 15) is 8.42 Å². The SMILES string of the molecule is CS(=O)(=O)c1ccc(-c2c[nH]nn2)c(Cl)c1. The Morgan fingerprint density at radius 2 is 2.12 bits per heavy atom. The minimum atomic E-state index is -3.24. The molecule has 0 saturated heterocycles. The summed E-state index contributed by atoms with van der Waals surface area (Å²) in [5.41, 5.74) is 1.22. The number of rotatable bonds is 2. The van der Waals surface area contributed by atoms with Crippen molar-refractivity contribution in [1.82, 2.24) is 15.4 Å². The fourth-order valence-electron chi connectivity index (χ4n) is 1.27. The molecule has 0 fully saturated rings. The molecule has 1 aromatic heterocycles. The Kier molecular flexibility index (Phi) is 2.69. The number of nitrogens with one attached hydrogen (secondary N) is 1. The number of hydrogen-bond acceptors (Lipinski definition) is 4. The summed E-state index contributed by atoms with van der Waals surface area (Å²) in [6, 6.07) is 4.50. The molecular formula is C9H8ClN3O2S. The lowest BCUT2D eigenvalue weighted by molar-refractivity contribution is 0.602. The van der Waals surface area contributed by atoms with Gasteiger partial charge in [0.25, 0.3) is 0 Å². The predicted octanol–water partition coefficient (Wildman–Crippen LogP) is 1.53. The number of hydrogen-bond donors (Lipinski definition) is 1. The van der Waals surface area contributed by atoms with Gasteiger partial charge in [0.1, 0.15) is 5.69 Å². The summed E-state index contributed by atoms with van der Waals surface area (Å²) in [5, 5.41) is 10.3. The largest absolute Gasteiger partial charge is 0.265 e. The summed E-state index contributed by atoms with van der Waals surface area (Å²) in [7, 11) is -3.24. The van der Waals surface area contributed by atoms with Crippen molar-refractivity contribution in [2.45, 2.75) is 4.90 Å². The van der Waals surface area contributed by atoms with Crippen molar-refractivity contribution in [1.29, 1.82) is 0 Å². The molecule has 1 aromatic carbocycles. The van der Waals surface area contributed by atoms with Crippen molar-refractivity contribution in [3.8, 4) is 11.3 Å². The zero-order valence-corrected chi connectivity index (χ0v) is 9.88. The maximum Gasteiger partial charge on any atom is 0.175 e. The van der Waals surface area contributed by atoms with Gasteiger partial charge in [0.05, 0.1) is 16.1 Å². The minimum absolute atomic E-state index is 0.185. The Morgan fingerprint density at radius 3 is 2.62 bits per heavy atom. The van der Waals surface area contributed by atoms with Gasteiger partial charge < -0.3 is 0 Å². The van der Waals surface area contributed by atoms with E-state index in [1.807, 2.05) is 0 Å². The van der Waals surface area contributed by atoms with Crippen LogP contribution in [0.25, 0.3) is 11.3 Å². The molecule has 0 aliphatic carbocycles. The normalized spacial score (nSPS) is 11.6. The van der Waals surface area contributed by atoms with Crippen LogP contribution in [0.2, 0.25) is 5.02 Å². The van der Waals surface area contributed by atoms with E-state index < -0.39 is 9.84 Å². The van der Waals surface area contributed by atoms with Crippen LogP contribution in [-0.2, 0) is 9.84 Å². The number of sulfone groups is 1. The fraction of sp³-hybridized carbons (Fsp3) is 0.111. The first-order valence-electron chi connectivity index (χ1n) is 4.35. The third kappa shape index (κ3) is 2.07. The minimum Gasteiger partial charge on any atom is -0.265 e. The molecule has 0 aliphatic heterocycles. The van der Waals surface area contributed by atoms with Crippen molar-refractivity contribution < 1.29 is 8.42 Å². The second-order valence-corrected chi connectivity index (χ2v) is 5.70.